The SMILES string of the molecule is COc1ccc(-c2onc(-c3cccc(Cl)c3)c2CO)cc1OC. The first-order valence-electron chi connectivity index (χ1n) is 7.25. The van der Waals surface area contributed by atoms with Gasteiger partial charge in [0.05, 0.1) is 26.4 Å². The highest BCUT2D eigenvalue weighted by Gasteiger charge is 2.19. The Bertz CT molecular complexity index is 860. The summed E-state index contributed by atoms with van der Waals surface area (Å²) >= 11 is 6.04. The van der Waals surface area contributed by atoms with Crippen molar-refractivity contribution >= 4 is 11.6 Å². The largest absolute Gasteiger partial charge is 0.493 e. The first-order chi connectivity index (χ1) is 11.7. The Balaban J connectivity index is 2.10. The van der Waals surface area contributed by atoms with Gasteiger partial charge in [-0.05, 0) is 30.3 Å². The summed E-state index contributed by atoms with van der Waals surface area (Å²) in [5, 5.41) is 14.5. The van der Waals surface area contributed by atoms with E-state index < -0.39 is 0 Å². The summed E-state index contributed by atoms with van der Waals surface area (Å²) < 4.78 is 16.0. The van der Waals surface area contributed by atoms with Gasteiger partial charge in [-0.2, -0.15) is 0 Å². The molecule has 3 rings (SSSR count). The molecule has 1 heterocycles. The number of methoxy groups -OCH3 is 2. The number of halogens is 1. The summed E-state index contributed by atoms with van der Waals surface area (Å²) in [5.74, 6) is 1.66. The molecular formula is C18H16ClNO4. The van der Waals surface area contributed by atoms with Crippen molar-refractivity contribution in [2.45, 2.75) is 6.61 Å². The first-order valence-corrected chi connectivity index (χ1v) is 7.63. The number of ether oxygens (including phenoxy) is 2. The molecule has 0 saturated heterocycles. The summed E-state index contributed by atoms with van der Waals surface area (Å²) in [7, 11) is 3.13. The second-order valence-corrected chi connectivity index (χ2v) is 5.51. The van der Waals surface area contributed by atoms with Gasteiger partial charge in [0.1, 0.15) is 5.69 Å². The maximum absolute atomic E-state index is 9.82. The lowest BCUT2D eigenvalue weighted by atomic mass is 10.0. The minimum atomic E-state index is -0.213. The molecule has 0 atom stereocenters. The van der Waals surface area contributed by atoms with Gasteiger partial charge in [-0.15, -0.1) is 0 Å². The molecule has 0 aliphatic heterocycles. The quantitative estimate of drug-likeness (QED) is 0.751. The standard InChI is InChI=1S/C18H16ClNO4/c1-22-15-7-6-12(9-16(15)23-2)18-14(10-21)17(20-24-18)11-4-3-5-13(19)8-11/h3-9,21H,10H2,1-2H3. The number of benzene rings is 2. The summed E-state index contributed by atoms with van der Waals surface area (Å²) in [6, 6.07) is 12.6. The molecular weight excluding hydrogens is 330 g/mol. The number of rotatable bonds is 5. The molecule has 24 heavy (non-hydrogen) atoms. The van der Waals surface area contributed by atoms with Crippen LogP contribution in [0, 0.1) is 0 Å². The molecule has 1 aromatic heterocycles. The zero-order chi connectivity index (χ0) is 17.1. The van der Waals surface area contributed by atoms with Crippen molar-refractivity contribution in [1.29, 1.82) is 0 Å². The molecule has 5 nitrogen and oxygen atoms in total. The highest BCUT2D eigenvalue weighted by Crippen LogP contribution is 2.37. The average molecular weight is 346 g/mol. The van der Waals surface area contributed by atoms with Crippen LogP contribution in [0.4, 0.5) is 0 Å². The van der Waals surface area contributed by atoms with Gasteiger partial charge in [-0.25, -0.2) is 0 Å². The van der Waals surface area contributed by atoms with Crippen molar-refractivity contribution < 1.29 is 19.1 Å². The van der Waals surface area contributed by atoms with Crippen LogP contribution in [0.5, 0.6) is 11.5 Å². The van der Waals surface area contributed by atoms with E-state index in [0.717, 1.165) is 11.1 Å². The molecule has 0 amide bonds. The molecule has 0 radical (unpaired) electrons. The highest BCUT2D eigenvalue weighted by molar-refractivity contribution is 6.30. The van der Waals surface area contributed by atoms with E-state index in [2.05, 4.69) is 5.16 Å². The Kier molecular flexibility index (Phi) is 4.74. The zero-order valence-corrected chi connectivity index (χ0v) is 14.0. The summed E-state index contributed by atoms with van der Waals surface area (Å²) in [6.07, 6.45) is 0. The minimum absolute atomic E-state index is 0.213. The van der Waals surface area contributed by atoms with Crippen LogP contribution in [-0.2, 0) is 6.61 Å². The van der Waals surface area contributed by atoms with Crippen LogP contribution in [0.25, 0.3) is 22.6 Å². The maximum atomic E-state index is 9.82. The monoisotopic (exact) mass is 345 g/mol. The molecule has 2 aromatic carbocycles. The zero-order valence-electron chi connectivity index (χ0n) is 13.2. The van der Waals surface area contributed by atoms with Crippen LogP contribution in [-0.4, -0.2) is 24.5 Å². The third kappa shape index (κ3) is 2.96. The smallest absolute Gasteiger partial charge is 0.173 e. The minimum Gasteiger partial charge on any atom is -0.493 e. The van der Waals surface area contributed by atoms with Gasteiger partial charge in [0.15, 0.2) is 17.3 Å². The Hall–Kier alpha value is -2.50. The fourth-order valence-electron chi connectivity index (χ4n) is 2.52. The van der Waals surface area contributed by atoms with Crippen molar-refractivity contribution in [2.75, 3.05) is 14.2 Å². The van der Waals surface area contributed by atoms with Gasteiger partial charge >= 0.3 is 0 Å². The summed E-state index contributed by atoms with van der Waals surface area (Å²) in [6.45, 7) is -0.213. The molecule has 0 aliphatic rings. The third-order valence-corrected chi connectivity index (χ3v) is 3.93. The van der Waals surface area contributed by atoms with Crippen molar-refractivity contribution in [1.82, 2.24) is 5.16 Å². The van der Waals surface area contributed by atoms with Gasteiger partial charge in [0, 0.05) is 16.1 Å². The van der Waals surface area contributed by atoms with E-state index in [1.54, 1.807) is 38.5 Å². The molecule has 0 aliphatic carbocycles. The van der Waals surface area contributed by atoms with E-state index in [0.29, 0.717) is 33.5 Å². The molecule has 1 N–H and O–H groups in total. The molecule has 0 fully saturated rings. The number of nitrogens with zero attached hydrogens (tertiary/aromatic N) is 1. The fraction of sp³-hybridized carbons (Fsp3) is 0.167. The number of aromatic nitrogens is 1. The van der Waals surface area contributed by atoms with Crippen molar-refractivity contribution in [3.8, 4) is 34.1 Å². The van der Waals surface area contributed by atoms with Crippen LogP contribution in [0.3, 0.4) is 0 Å². The maximum Gasteiger partial charge on any atom is 0.173 e. The van der Waals surface area contributed by atoms with E-state index in [1.165, 1.54) is 0 Å². The topological polar surface area (TPSA) is 64.7 Å². The first kappa shape index (κ1) is 16.4. The number of hydrogen-bond acceptors (Lipinski definition) is 5. The van der Waals surface area contributed by atoms with Crippen LogP contribution >= 0.6 is 11.6 Å². The van der Waals surface area contributed by atoms with E-state index in [1.807, 2.05) is 18.2 Å². The predicted octanol–water partition coefficient (Wildman–Crippen LogP) is 4.17. The predicted molar refractivity (Wildman–Crippen MR) is 91.4 cm³/mol. The fourth-order valence-corrected chi connectivity index (χ4v) is 2.71. The average Bonchev–Trinajstić information content (AvgIpc) is 3.05. The molecule has 0 spiro atoms. The second-order valence-electron chi connectivity index (χ2n) is 5.08. The van der Waals surface area contributed by atoms with Gasteiger partial charge in [-0.3, -0.25) is 0 Å². The highest BCUT2D eigenvalue weighted by atomic mass is 35.5. The molecule has 6 heteroatoms. The van der Waals surface area contributed by atoms with Gasteiger partial charge in [0.2, 0.25) is 0 Å². The lowest BCUT2D eigenvalue weighted by Gasteiger charge is -2.08. The Morgan fingerprint density at radius 3 is 2.50 bits per heavy atom. The van der Waals surface area contributed by atoms with Gasteiger partial charge in [0.25, 0.3) is 0 Å². The molecule has 124 valence electrons. The summed E-state index contributed by atoms with van der Waals surface area (Å²) in [5.41, 5.74) is 2.66. The van der Waals surface area contributed by atoms with E-state index in [4.69, 9.17) is 25.6 Å². The van der Waals surface area contributed by atoms with E-state index in [-0.39, 0.29) is 6.61 Å². The number of hydrogen-bond donors (Lipinski definition) is 1. The number of aliphatic hydroxyl groups excluding tert-OH is 1. The number of aliphatic hydroxyl groups is 1. The molecule has 3 aromatic rings. The van der Waals surface area contributed by atoms with Crippen LogP contribution in [0.2, 0.25) is 5.02 Å². The third-order valence-electron chi connectivity index (χ3n) is 3.69. The Labute approximate surface area is 144 Å². The Morgan fingerprint density at radius 2 is 1.83 bits per heavy atom. The van der Waals surface area contributed by atoms with E-state index in [9.17, 15) is 5.11 Å². The van der Waals surface area contributed by atoms with Crippen LogP contribution < -0.4 is 9.47 Å². The lowest BCUT2D eigenvalue weighted by molar-refractivity contribution is 0.281. The second kappa shape index (κ2) is 6.95. The normalized spacial score (nSPS) is 10.7. The van der Waals surface area contributed by atoms with Crippen molar-refractivity contribution in [3.63, 3.8) is 0 Å². The molecule has 0 bridgehead atoms. The Morgan fingerprint density at radius 1 is 1.04 bits per heavy atom. The molecule has 0 saturated carbocycles. The lowest BCUT2D eigenvalue weighted by Crippen LogP contribution is -1.92. The van der Waals surface area contributed by atoms with Gasteiger partial charge < -0.3 is 19.1 Å². The van der Waals surface area contributed by atoms with Crippen molar-refractivity contribution in [2.24, 2.45) is 0 Å². The van der Waals surface area contributed by atoms with Crippen LogP contribution in [0.15, 0.2) is 47.0 Å². The molecule has 0 unspecified atom stereocenters. The van der Waals surface area contributed by atoms with Crippen molar-refractivity contribution in [3.05, 3.63) is 53.1 Å². The summed E-state index contributed by atoms with van der Waals surface area (Å²) in [4.78, 5) is 0. The van der Waals surface area contributed by atoms with Gasteiger partial charge in [-0.1, -0.05) is 28.9 Å². The van der Waals surface area contributed by atoms with Crippen LogP contribution in [0.1, 0.15) is 5.56 Å². The van der Waals surface area contributed by atoms with E-state index >= 15 is 0 Å².